The van der Waals surface area contributed by atoms with Crippen LogP contribution in [0.15, 0.2) is 59.6 Å². The van der Waals surface area contributed by atoms with Gasteiger partial charge in [-0.2, -0.15) is 0 Å². The number of benzene rings is 2. The summed E-state index contributed by atoms with van der Waals surface area (Å²) in [6, 6.07) is 18.3. The minimum Gasteiger partial charge on any atom is -0.490 e. The molecule has 2 aromatic carbocycles. The molecule has 0 saturated heterocycles. The fraction of sp³-hybridized carbons (Fsp3) is 0.278. The van der Waals surface area contributed by atoms with Gasteiger partial charge in [-0.25, -0.2) is 10.4 Å². The Morgan fingerprint density at radius 3 is 2.55 bits per heavy atom. The lowest BCUT2D eigenvalue weighted by molar-refractivity contribution is 0.242. The van der Waals surface area contributed by atoms with E-state index in [0.717, 1.165) is 23.6 Å². The summed E-state index contributed by atoms with van der Waals surface area (Å²) in [5, 5.41) is 0. The second kappa shape index (κ2) is 6.62. The molecule has 1 heterocycles. The molecule has 0 radical (unpaired) electrons. The van der Waals surface area contributed by atoms with Gasteiger partial charge in [-0.05, 0) is 31.5 Å². The Hall–Kier alpha value is -2.33. The van der Waals surface area contributed by atoms with E-state index in [-0.39, 0.29) is 12.3 Å². The summed E-state index contributed by atoms with van der Waals surface area (Å²) < 4.78 is 5.86. The zero-order valence-corrected chi connectivity index (χ0v) is 12.9. The topological polar surface area (TPSA) is 45.6 Å². The maximum Gasteiger partial charge on any atom is 0.148 e. The van der Waals surface area contributed by atoms with Crippen molar-refractivity contribution in [2.24, 2.45) is 4.99 Å². The third-order valence-corrected chi connectivity index (χ3v) is 3.42. The van der Waals surface area contributed by atoms with Crippen molar-refractivity contribution in [2.45, 2.75) is 32.5 Å². The van der Waals surface area contributed by atoms with E-state index in [2.05, 4.69) is 23.0 Å². The molecule has 0 aromatic heterocycles. The van der Waals surface area contributed by atoms with Crippen molar-refractivity contribution >= 4 is 5.84 Å². The maximum absolute atomic E-state index is 5.86. The van der Waals surface area contributed by atoms with Crippen LogP contribution in [0.3, 0.4) is 0 Å². The van der Waals surface area contributed by atoms with Crippen molar-refractivity contribution in [1.29, 1.82) is 0 Å². The third kappa shape index (κ3) is 3.46. The highest BCUT2D eigenvalue weighted by Gasteiger charge is 2.20. The highest BCUT2D eigenvalue weighted by atomic mass is 16.5. The first-order valence-corrected chi connectivity index (χ1v) is 7.61. The average Bonchev–Trinajstić information content (AvgIpc) is 2.96. The minimum atomic E-state index is 0.0320. The van der Waals surface area contributed by atoms with E-state index in [9.17, 15) is 0 Å². The molecule has 0 saturated carbocycles. The van der Waals surface area contributed by atoms with Crippen molar-refractivity contribution in [1.82, 2.24) is 10.9 Å². The molecule has 1 atom stereocenters. The van der Waals surface area contributed by atoms with Crippen molar-refractivity contribution in [3.05, 3.63) is 65.7 Å². The van der Waals surface area contributed by atoms with Crippen LogP contribution < -0.4 is 15.6 Å². The van der Waals surface area contributed by atoms with Crippen LogP contribution in [-0.2, 0) is 6.42 Å². The molecule has 1 unspecified atom stereocenters. The highest BCUT2D eigenvalue weighted by molar-refractivity contribution is 6.01. The number of hydrogen-bond acceptors (Lipinski definition) is 4. The number of hydrogen-bond donors (Lipinski definition) is 2. The van der Waals surface area contributed by atoms with Gasteiger partial charge in [0.2, 0.25) is 0 Å². The van der Waals surface area contributed by atoms with Crippen LogP contribution in [0, 0.1) is 0 Å². The number of ether oxygens (including phenoxy) is 1. The average molecular weight is 295 g/mol. The monoisotopic (exact) mass is 295 g/mol. The van der Waals surface area contributed by atoms with E-state index in [1.54, 1.807) is 0 Å². The SMILES string of the molecule is CC(C)Oc1ccccc1C1=NC(Cc2ccccc2)NN1. The van der Waals surface area contributed by atoms with E-state index < -0.39 is 0 Å². The first kappa shape index (κ1) is 14.6. The molecule has 0 amide bonds. The van der Waals surface area contributed by atoms with Gasteiger partial charge in [-0.15, -0.1) is 0 Å². The summed E-state index contributed by atoms with van der Waals surface area (Å²) >= 11 is 0. The maximum atomic E-state index is 5.86. The Morgan fingerprint density at radius 1 is 1.05 bits per heavy atom. The lowest BCUT2D eigenvalue weighted by Crippen LogP contribution is -2.36. The largest absolute Gasteiger partial charge is 0.490 e. The Bertz CT molecular complexity index is 652. The van der Waals surface area contributed by atoms with Gasteiger partial charge in [-0.3, -0.25) is 0 Å². The minimum absolute atomic E-state index is 0.0320. The molecule has 4 heteroatoms. The van der Waals surface area contributed by atoms with Crippen LogP contribution in [0.2, 0.25) is 0 Å². The normalized spacial score (nSPS) is 17.2. The van der Waals surface area contributed by atoms with Gasteiger partial charge < -0.3 is 10.2 Å². The van der Waals surface area contributed by atoms with E-state index in [4.69, 9.17) is 9.73 Å². The number of amidine groups is 1. The summed E-state index contributed by atoms with van der Waals surface area (Å²) in [5.41, 5.74) is 8.65. The summed E-state index contributed by atoms with van der Waals surface area (Å²) in [7, 11) is 0. The molecule has 0 fully saturated rings. The van der Waals surface area contributed by atoms with E-state index in [1.807, 2.05) is 56.3 Å². The van der Waals surface area contributed by atoms with Gasteiger partial charge in [-0.1, -0.05) is 42.5 Å². The lowest BCUT2D eigenvalue weighted by Gasteiger charge is -2.13. The van der Waals surface area contributed by atoms with Crippen molar-refractivity contribution in [2.75, 3.05) is 0 Å². The van der Waals surface area contributed by atoms with Gasteiger partial charge in [0.15, 0.2) is 0 Å². The lowest BCUT2D eigenvalue weighted by atomic mass is 10.1. The van der Waals surface area contributed by atoms with Gasteiger partial charge in [0.1, 0.15) is 17.8 Å². The summed E-state index contributed by atoms with van der Waals surface area (Å²) in [4.78, 5) is 4.74. The second-order valence-corrected chi connectivity index (χ2v) is 5.62. The molecule has 0 bridgehead atoms. The molecule has 114 valence electrons. The van der Waals surface area contributed by atoms with Crippen LogP contribution in [0.25, 0.3) is 0 Å². The van der Waals surface area contributed by atoms with Crippen LogP contribution >= 0.6 is 0 Å². The second-order valence-electron chi connectivity index (χ2n) is 5.62. The molecule has 1 aliphatic rings. The number of nitrogens with zero attached hydrogens (tertiary/aromatic N) is 1. The quantitative estimate of drug-likeness (QED) is 0.891. The predicted octanol–water partition coefficient (Wildman–Crippen LogP) is 2.90. The Kier molecular flexibility index (Phi) is 4.39. The predicted molar refractivity (Wildman–Crippen MR) is 88.9 cm³/mol. The van der Waals surface area contributed by atoms with Crippen molar-refractivity contribution in [3.63, 3.8) is 0 Å². The third-order valence-electron chi connectivity index (χ3n) is 3.42. The molecule has 2 N–H and O–H groups in total. The van der Waals surface area contributed by atoms with Gasteiger partial charge in [0.25, 0.3) is 0 Å². The number of aliphatic imine (C=N–C) groups is 1. The smallest absolute Gasteiger partial charge is 0.148 e. The Labute approximate surface area is 131 Å². The standard InChI is InChI=1S/C18H21N3O/c1-13(2)22-16-11-7-6-10-15(16)18-19-17(20-21-18)12-14-8-4-3-5-9-14/h3-11,13,17,20H,12H2,1-2H3,(H,19,21). The molecule has 22 heavy (non-hydrogen) atoms. The summed E-state index contributed by atoms with van der Waals surface area (Å²) in [5.74, 6) is 1.68. The van der Waals surface area contributed by atoms with E-state index in [1.165, 1.54) is 5.56 Å². The number of rotatable bonds is 5. The molecule has 1 aliphatic heterocycles. The fourth-order valence-electron chi connectivity index (χ4n) is 2.46. The zero-order valence-electron chi connectivity index (χ0n) is 12.9. The first-order valence-electron chi connectivity index (χ1n) is 7.61. The molecule has 3 rings (SSSR count). The van der Waals surface area contributed by atoms with Crippen LogP contribution in [-0.4, -0.2) is 18.1 Å². The first-order chi connectivity index (χ1) is 10.7. The number of para-hydroxylation sites is 1. The van der Waals surface area contributed by atoms with Gasteiger partial charge in [0, 0.05) is 6.42 Å². The van der Waals surface area contributed by atoms with Crippen LogP contribution in [0.5, 0.6) is 5.75 Å². The number of hydrazine groups is 1. The van der Waals surface area contributed by atoms with Crippen LogP contribution in [0.4, 0.5) is 0 Å². The fourth-order valence-corrected chi connectivity index (χ4v) is 2.46. The van der Waals surface area contributed by atoms with Gasteiger partial charge >= 0.3 is 0 Å². The molecular formula is C18H21N3O. The summed E-state index contributed by atoms with van der Waals surface area (Å²) in [6.07, 6.45) is 1.02. The molecule has 0 spiro atoms. The van der Waals surface area contributed by atoms with E-state index in [0.29, 0.717) is 0 Å². The Morgan fingerprint density at radius 2 is 1.77 bits per heavy atom. The highest BCUT2D eigenvalue weighted by Crippen LogP contribution is 2.21. The Balaban J connectivity index is 1.77. The molecular weight excluding hydrogens is 274 g/mol. The zero-order chi connectivity index (χ0) is 15.4. The molecule has 4 nitrogen and oxygen atoms in total. The summed E-state index contributed by atoms with van der Waals surface area (Å²) in [6.45, 7) is 4.05. The van der Waals surface area contributed by atoms with Crippen molar-refractivity contribution in [3.8, 4) is 5.75 Å². The van der Waals surface area contributed by atoms with Crippen LogP contribution in [0.1, 0.15) is 25.0 Å². The number of nitrogens with one attached hydrogen (secondary N) is 2. The van der Waals surface area contributed by atoms with Gasteiger partial charge in [0.05, 0.1) is 11.7 Å². The van der Waals surface area contributed by atoms with E-state index >= 15 is 0 Å². The molecule has 2 aromatic rings. The molecule has 0 aliphatic carbocycles. The van der Waals surface area contributed by atoms with Crippen molar-refractivity contribution < 1.29 is 4.74 Å².